The lowest BCUT2D eigenvalue weighted by atomic mass is 10.1. The fourth-order valence-corrected chi connectivity index (χ4v) is 2.35. The smallest absolute Gasteiger partial charge is 0.355 e. The van der Waals surface area contributed by atoms with Crippen LogP contribution in [-0.2, 0) is 17.9 Å². The molecule has 0 unspecified atom stereocenters. The van der Waals surface area contributed by atoms with Crippen molar-refractivity contribution in [2.75, 3.05) is 6.54 Å². The lowest BCUT2D eigenvalue weighted by molar-refractivity contribution is -0.133. The molecule has 0 fully saturated rings. The molecule has 1 aromatic rings. The molecular weight excluding hydrogens is 268 g/mol. The summed E-state index contributed by atoms with van der Waals surface area (Å²) in [5.74, 6) is 3.98. The number of rotatable bonds is 4. The molecule has 7 heteroatoms. The van der Waals surface area contributed by atoms with E-state index in [9.17, 15) is 4.79 Å². The zero-order valence-corrected chi connectivity index (χ0v) is 10.9. The minimum absolute atomic E-state index is 0.172. The third kappa shape index (κ3) is 2.98. The van der Waals surface area contributed by atoms with Crippen LogP contribution in [0.3, 0.4) is 0 Å². The number of hydrogen-bond acceptors (Lipinski definition) is 5. The van der Waals surface area contributed by atoms with Crippen LogP contribution in [0.4, 0.5) is 0 Å². The average Bonchev–Trinajstić information content (AvgIpc) is 2.70. The first-order valence-corrected chi connectivity index (χ1v) is 6.07. The molecule has 6 nitrogen and oxygen atoms in total. The second kappa shape index (κ2) is 5.48. The number of halogens is 1. The molecule has 2 rings (SSSR count). The lowest BCUT2D eigenvalue weighted by Gasteiger charge is -2.16. The van der Waals surface area contributed by atoms with E-state index in [1.54, 1.807) is 0 Å². The molecule has 1 heterocycles. The Hall–Kier alpha value is -1.76. The maximum atomic E-state index is 10.9. The molecule has 19 heavy (non-hydrogen) atoms. The highest BCUT2D eigenvalue weighted by atomic mass is 35.5. The van der Waals surface area contributed by atoms with Gasteiger partial charge in [-0.3, -0.25) is 10.7 Å². The van der Waals surface area contributed by atoms with Gasteiger partial charge in [0.15, 0.2) is 5.70 Å². The largest absolute Gasteiger partial charge is 0.476 e. The number of carboxylic acid groups (broad SMARTS) is 1. The summed E-state index contributed by atoms with van der Waals surface area (Å²) in [5.41, 5.74) is 10.2. The number of hydrazine groups is 1. The maximum Gasteiger partial charge on any atom is 0.355 e. The van der Waals surface area contributed by atoms with Crippen molar-refractivity contribution >= 4 is 17.6 Å². The van der Waals surface area contributed by atoms with Crippen molar-refractivity contribution in [2.45, 2.75) is 13.1 Å². The molecule has 0 spiro atoms. The van der Waals surface area contributed by atoms with Gasteiger partial charge in [-0.1, -0.05) is 17.7 Å². The van der Waals surface area contributed by atoms with E-state index in [0.29, 0.717) is 24.7 Å². The van der Waals surface area contributed by atoms with Gasteiger partial charge in [-0.2, -0.15) is 0 Å². The maximum absolute atomic E-state index is 10.9. The van der Waals surface area contributed by atoms with E-state index in [-0.39, 0.29) is 11.4 Å². The van der Waals surface area contributed by atoms with Crippen LogP contribution in [0.2, 0.25) is 5.02 Å². The van der Waals surface area contributed by atoms with E-state index in [4.69, 9.17) is 28.3 Å². The predicted octanol–water partition coefficient (Wildman–Crippen LogP) is 0.374. The van der Waals surface area contributed by atoms with Crippen molar-refractivity contribution in [2.24, 2.45) is 11.6 Å². The number of hydrogen-bond donors (Lipinski definition) is 4. The van der Waals surface area contributed by atoms with Crippen LogP contribution < -0.4 is 17.0 Å². The molecule has 6 N–H and O–H groups in total. The van der Waals surface area contributed by atoms with Crippen molar-refractivity contribution < 1.29 is 9.90 Å². The molecule has 0 atom stereocenters. The Morgan fingerprint density at radius 2 is 2.11 bits per heavy atom. The number of nitrogens with two attached hydrogens (primary N) is 2. The van der Waals surface area contributed by atoms with Gasteiger partial charge in [0.25, 0.3) is 0 Å². The number of aliphatic carboxylic acids is 1. The number of carboxylic acids is 1. The molecule has 0 aliphatic carbocycles. The van der Waals surface area contributed by atoms with Crippen LogP contribution in [0.25, 0.3) is 0 Å². The summed E-state index contributed by atoms with van der Waals surface area (Å²) in [6, 6.07) is 5.72. The predicted molar refractivity (Wildman–Crippen MR) is 71.7 cm³/mol. The zero-order valence-electron chi connectivity index (χ0n) is 10.2. The van der Waals surface area contributed by atoms with Gasteiger partial charge in [0.1, 0.15) is 0 Å². The Morgan fingerprint density at radius 3 is 2.74 bits per heavy atom. The first-order valence-electron chi connectivity index (χ1n) is 5.69. The standard InChI is InChI=1S/C12H15ClN4O2/c13-9-2-1-7-4-17(5-8(7)3-9)6-10(14)11(16-15)12(18)19/h1-3,16H,4-6,14-15H2,(H,18,19)/b11-10-. The molecule has 0 bridgehead atoms. The number of carbonyl (C=O) groups is 1. The SMILES string of the molecule is NN/C(C(=O)O)=C(\N)CN1Cc2ccc(Cl)cc2C1. The van der Waals surface area contributed by atoms with Crippen LogP contribution in [-0.4, -0.2) is 22.5 Å². The summed E-state index contributed by atoms with van der Waals surface area (Å²) < 4.78 is 0. The summed E-state index contributed by atoms with van der Waals surface area (Å²) in [6.45, 7) is 1.73. The molecule has 0 saturated heterocycles. The van der Waals surface area contributed by atoms with Crippen LogP contribution in [0.5, 0.6) is 0 Å². The van der Waals surface area contributed by atoms with E-state index in [1.165, 1.54) is 5.56 Å². The first kappa shape index (κ1) is 13.7. The fraction of sp³-hybridized carbons (Fsp3) is 0.250. The van der Waals surface area contributed by atoms with Gasteiger partial charge in [-0.15, -0.1) is 0 Å². The van der Waals surface area contributed by atoms with Crippen LogP contribution >= 0.6 is 11.6 Å². The molecule has 0 aromatic heterocycles. The highest BCUT2D eigenvalue weighted by Crippen LogP contribution is 2.25. The Balaban J connectivity index is 2.10. The zero-order chi connectivity index (χ0) is 14.0. The topological polar surface area (TPSA) is 105 Å². The van der Waals surface area contributed by atoms with Crippen molar-refractivity contribution in [1.82, 2.24) is 10.3 Å². The summed E-state index contributed by atoms with van der Waals surface area (Å²) in [7, 11) is 0. The van der Waals surface area contributed by atoms with Crippen molar-refractivity contribution in [3.8, 4) is 0 Å². The molecule has 1 aromatic carbocycles. The third-order valence-electron chi connectivity index (χ3n) is 3.03. The minimum Gasteiger partial charge on any atom is -0.476 e. The Kier molecular flexibility index (Phi) is 3.94. The number of fused-ring (bicyclic) bond motifs is 1. The number of benzene rings is 1. The monoisotopic (exact) mass is 282 g/mol. The lowest BCUT2D eigenvalue weighted by Crippen LogP contribution is -2.34. The fourth-order valence-electron chi connectivity index (χ4n) is 2.16. The molecule has 0 radical (unpaired) electrons. The van der Waals surface area contributed by atoms with E-state index in [2.05, 4.69) is 5.43 Å². The molecule has 0 saturated carbocycles. The summed E-state index contributed by atoms with van der Waals surface area (Å²) in [4.78, 5) is 12.9. The highest BCUT2D eigenvalue weighted by Gasteiger charge is 2.21. The summed E-state index contributed by atoms with van der Waals surface area (Å²) in [6.07, 6.45) is 0. The van der Waals surface area contributed by atoms with Crippen LogP contribution in [0.15, 0.2) is 29.6 Å². The molecule has 102 valence electrons. The number of nitrogens with zero attached hydrogens (tertiary/aromatic N) is 1. The number of nitrogens with one attached hydrogen (secondary N) is 1. The molecule has 1 aliphatic rings. The minimum atomic E-state index is -1.17. The Bertz CT molecular complexity index is 545. The summed E-state index contributed by atoms with van der Waals surface area (Å²) >= 11 is 5.93. The van der Waals surface area contributed by atoms with Gasteiger partial charge < -0.3 is 16.3 Å². The normalized spacial score (nSPS) is 15.9. The van der Waals surface area contributed by atoms with Gasteiger partial charge in [0, 0.05) is 24.7 Å². The third-order valence-corrected chi connectivity index (χ3v) is 3.26. The molecule has 0 amide bonds. The van der Waals surface area contributed by atoms with Crippen molar-refractivity contribution in [3.63, 3.8) is 0 Å². The highest BCUT2D eigenvalue weighted by molar-refractivity contribution is 6.30. The Labute approximate surface area is 115 Å². The van der Waals surface area contributed by atoms with Crippen LogP contribution in [0, 0.1) is 0 Å². The van der Waals surface area contributed by atoms with Crippen molar-refractivity contribution in [1.29, 1.82) is 0 Å². The van der Waals surface area contributed by atoms with Gasteiger partial charge >= 0.3 is 5.97 Å². The van der Waals surface area contributed by atoms with E-state index < -0.39 is 5.97 Å². The quantitative estimate of drug-likeness (QED) is 0.361. The van der Waals surface area contributed by atoms with E-state index in [0.717, 1.165) is 5.56 Å². The summed E-state index contributed by atoms with van der Waals surface area (Å²) in [5, 5.41) is 9.60. The Morgan fingerprint density at radius 1 is 1.42 bits per heavy atom. The first-order chi connectivity index (χ1) is 9.01. The van der Waals surface area contributed by atoms with E-state index >= 15 is 0 Å². The second-order valence-electron chi connectivity index (χ2n) is 4.41. The van der Waals surface area contributed by atoms with Gasteiger partial charge in [0.2, 0.25) is 0 Å². The molecule has 1 aliphatic heterocycles. The van der Waals surface area contributed by atoms with Gasteiger partial charge in [0.05, 0.1) is 5.70 Å². The second-order valence-corrected chi connectivity index (χ2v) is 4.84. The van der Waals surface area contributed by atoms with E-state index in [1.807, 2.05) is 23.1 Å². The average molecular weight is 283 g/mol. The van der Waals surface area contributed by atoms with Gasteiger partial charge in [-0.25, -0.2) is 4.79 Å². The van der Waals surface area contributed by atoms with Crippen molar-refractivity contribution in [3.05, 3.63) is 45.7 Å². The molecular formula is C12H15ClN4O2. The van der Waals surface area contributed by atoms with Crippen LogP contribution in [0.1, 0.15) is 11.1 Å². The van der Waals surface area contributed by atoms with Gasteiger partial charge in [-0.05, 0) is 23.3 Å².